The quantitative estimate of drug-likeness (QED) is 0.596. The fraction of sp³-hybridized carbons (Fsp3) is 0.286. The second-order valence-electron chi connectivity index (χ2n) is 7.49. The highest BCUT2D eigenvalue weighted by molar-refractivity contribution is 7.89. The summed E-state index contributed by atoms with van der Waals surface area (Å²) >= 11 is 0. The Hall–Kier alpha value is -3.25. The lowest BCUT2D eigenvalue weighted by Gasteiger charge is -2.30. The van der Waals surface area contributed by atoms with E-state index in [1.54, 1.807) is 18.2 Å². The number of piperidine rings is 1. The predicted molar refractivity (Wildman–Crippen MR) is 111 cm³/mol. The first-order valence-corrected chi connectivity index (χ1v) is 11.5. The molecule has 4 rings (SSSR count). The van der Waals surface area contributed by atoms with Crippen LogP contribution in [0.4, 0.5) is 19.2 Å². The Kier molecular flexibility index (Phi) is 6.21. The number of nitrogens with one attached hydrogen (secondary N) is 1. The first-order chi connectivity index (χ1) is 15.6. The van der Waals surface area contributed by atoms with Gasteiger partial charge in [0.25, 0.3) is 0 Å². The average molecular weight is 480 g/mol. The molecule has 1 fully saturated rings. The first-order valence-electron chi connectivity index (χ1n) is 10.0. The third kappa shape index (κ3) is 5.06. The fourth-order valence-corrected chi connectivity index (χ4v) is 5.06. The van der Waals surface area contributed by atoms with Crippen molar-refractivity contribution >= 4 is 21.9 Å². The van der Waals surface area contributed by atoms with Gasteiger partial charge in [0.1, 0.15) is 0 Å². The van der Waals surface area contributed by atoms with Crippen molar-refractivity contribution in [3.8, 4) is 11.5 Å². The Labute approximate surface area is 187 Å². The molecular formula is C21H19F3N4O4S. The molecule has 0 saturated carbocycles. The molecule has 1 aliphatic rings. The van der Waals surface area contributed by atoms with Gasteiger partial charge in [0.15, 0.2) is 0 Å². The van der Waals surface area contributed by atoms with Crippen LogP contribution < -0.4 is 5.32 Å². The van der Waals surface area contributed by atoms with Crippen molar-refractivity contribution in [2.24, 2.45) is 5.92 Å². The minimum atomic E-state index is -4.46. The van der Waals surface area contributed by atoms with Crippen molar-refractivity contribution in [3.05, 3.63) is 60.2 Å². The van der Waals surface area contributed by atoms with E-state index in [0.29, 0.717) is 19.4 Å². The van der Waals surface area contributed by atoms with Crippen LogP contribution in [0.25, 0.3) is 11.5 Å². The van der Waals surface area contributed by atoms with E-state index in [0.717, 1.165) is 12.1 Å². The van der Waals surface area contributed by atoms with Crippen molar-refractivity contribution in [1.29, 1.82) is 0 Å². The maximum atomic E-state index is 12.8. The van der Waals surface area contributed by atoms with Gasteiger partial charge in [-0.25, -0.2) is 8.42 Å². The molecule has 0 radical (unpaired) electrons. The number of halogens is 3. The zero-order valence-electron chi connectivity index (χ0n) is 17.1. The number of anilines is 1. The number of nitrogens with zero attached hydrogens (tertiary/aromatic N) is 3. The molecule has 1 N–H and O–H groups in total. The predicted octanol–water partition coefficient (Wildman–Crippen LogP) is 3.79. The molecule has 0 aliphatic carbocycles. The minimum absolute atomic E-state index is 0.00294. The highest BCUT2D eigenvalue weighted by Crippen LogP contribution is 2.31. The van der Waals surface area contributed by atoms with E-state index < -0.39 is 33.6 Å². The molecule has 1 aliphatic heterocycles. The zero-order valence-corrected chi connectivity index (χ0v) is 17.9. The fourth-order valence-electron chi connectivity index (χ4n) is 3.52. The zero-order chi connectivity index (χ0) is 23.6. The van der Waals surface area contributed by atoms with Gasteiger partial charge >= 0.3 is 12.2 Å². The van der Waals surface area contributed by atoms with E-state index in [1.165, 1.54) is 28.6 Å². The van der Waals surface area contributed by atoms with Crippen molar-refractivity contribution in [2.45, 2.75) is 23.9 Å². The molecule has 1 saturated heterocycles. The third-order valence-corrected chi connectivity index (χ3v) is 7.13. The van der Waals surface area contributed by atoms with Crippen molar-refractivity contribution in [1.82, 2.24) is 14.5 Å². The topological polar surface area (TPSA) is 105 Å². The number of alkyl halides is 3. The summed E-state index contributed by atoms with van der Waals surface area (Å²) in [4.78, 5) is 12.8. The second-order valence-corrected chi connectivity index (χ2v) is 9.43. The molecular weight excluding hydrogens is 461 g/mol. The molecule has 2 heterocycles. The lowest BCUT2D eigenvalue weighted by molar-refractivity contribution is -0.137. The Morgan fingerprint density at radius 1 is 1.06 bits per heavy atom. The third-order valence-electron chi connectivity index (χ3n) is 5.25. The normalized spacial score (nSPS) is 17.6. The number of hydrogen-bond acceptors (Lipinski definition) is 6. The van der Waals surface area contributed by atoms with E-state index in [1.807, 2.05) is 0 Å². The van der Waals surface area contributed by atoms with Crippen LogP contribution in [-0.2, 0) is 21.0 Å². The number of amides is 1. The maximum absolute atomic E-state index is 12.8. The van der Waals surface area contributed by atoms with Crippen molar-refractivity contribution in [3.63, 3.8) is 0 Å². The summed E-state index contributed by atoms with van der Waals surface area (Å²) in [5, 5.41) is 9.93. The van der Waals surface area contributed by atoms with Crippen LogP contribution in [0.3, 0.4) is 0 Å². The van der Waals surface area contributed by atoms with E-state index in [2.05, 4.69) is 15.5 Å². The SMILES string of the molecule is O=C(Nc1nnc(-c2ccc(C(F)(F)F)cc2)o1)C1CCCN(S(=O)(=O)c2ccccc2)C1. The lowest BCUT2D eigenvalue weighted by atomic mass is 9.99. The van der Waals surface area contributed by atoms with Gasteiger partial charge in [0, 0.05) is 18.7 Å². The van der Waals surface area contributed by atoms with Crippen LogP contribution in [0.15, 0.2) is 63.9 Å². The number of aromatic nitrogens is 2. The maximum Gasteiger partial charge on any atom is 0.416 e. The highest BCUT2D eigenvalue weighted by Gasteiger charge is 2.34. The van der Waals surface area contributed by atoms with Crippen LogP contribution in [0.2, 0.25) is 0 Å². The lowest BCUT2D eigenvalue weighted by Crippen LogP contribution is -2.43. The molecule has 1 unspecified atom stereocenters. The summed E-state index contributed by atoms with van der Waals surface area (Å²) in [6.45, 7) is 0.308. The van der Waals surface area contributed by atoms with Gasteiger partial charge in [0.05, 0.1) is 16.4 Å². The average Bonchev–Trinajstić information content (AvgIpc) is 3.28. The van der Waals surface area contributed by atoms with Gasteiger partial charge in [-0.1, -0.05) is 23.3 Å². The van der Waals surface area contributed by atoms with Gasteiger partial charge in [-0.05, 0) is 49.2 Å². The molecule has 12 heteroatoms. The van der Waals surface area contributed by atoms with Gasteiger partial charge in [0.2, 0.25) is 21.8 Å². The number of sulfonamides is 1. The number of hydrogen-bond donors (Lipinski definition) is 1. The first kappa shape index (κ1) is 22.9. The van der Waals surface area contributed by atoms with E-state index >= 15 is 0 Å². The van der Waals surface area contributed by atoms with E-state index in [4.69, 9.17) is 4.42 Å². The number of carbonyl (C=O) groups is 1. The molecule has 0 bridgehead atoms. The smallest absolute Gasteiger partial charge is 0.403 e. The van der Waals surface area contributed by atoms with E-state index in [-0.39, 0.29) is 28.9 Å². The standard InChI is InChI=1S/C21H19F3N4O4S/c22-21(23,24)16-10-8-14(9-11-16)19-26-27-20(32-19)25-18(29)15-5-4-12-28(13-15)33(30,31)17-6-2-1-3-7-17/h1-3,6-11,15H,4-5,12-13H2,(H,25,27,29). The van der Waals surface area contributed by atoms with Crippen LogP contribution in [0.5, 0.6) is 0 Å². The molecule has 8 nitrogen and oxygen atoms in total. The molecule has 1 amide bonds. The molecule has 33 heavy (non-hydrogen) atoms. The molecule has 3 aromatic rings. The van der Waals surface area contributed by atoms with Gasteiger partial charge in [-0.2, -0.15) is 17.5 Å². The number of benzene rings is 2. The Morgan fingerprint density at radius 2 is 1.76 bits per heavy atom. The summed E-state index contributed by atoms with van der Waals surface area (Å²) < 4.78 is 70.4. The van der Waals surface area contributed by atoms with Crippen LogP contribution >= 0.6 is 0 Å². The van der Waals surface area contributed by atoms with Crippen molar-refractivity contribution in [2.75, 3.05) is 18.4 Å². The highest BCUT2D eigenvalue weighted by atomic mass is 32.2. The Morgan fingerprint density at radius 3 is 2.42 bits per heavy atom. The number of carbonyl (C=O) groups excluding carboxylic acids is 1. The summed E-state index contributed by atoms with van der Waals surface area (Å²) in [5.74, 6) is -1.17. The summed E-state index contributed by atoms with van der Waals surface area (Å²) in [5.41, 5.74) is -0.555. The van der Waals surface area contributed by atoms with Gasteiger partial charge in [-0.3, -0.25) is 10.1 Å². The van der Waals surface area contributed by atoms with Crippen molar-refractivity contribution < 1.29 is 30.8 Å². The molecule has 2 aromatic carbocycles. The van der Waals surface area contributed by atoms with Crippen LogP contribution in [0.1, 0.15) is 18.4 Å². The molecule has 1 atom stereocenters. The van der Waals surface area contributed by atoms with Crippen LogP contribution in [-0.4, -0.2) is 41.9 Å². The number of rotatable bonds is 5. The van der Waals surface area contributed by atoms with Crippen LogP contribution in [0, 0.1) is 5.92 Å². The summed E-state index contributed by atoms with van der Waals surface area (Å²) in [6.07, 6.45) is -3.48. The molecule has 1 aromatic heterocycles. The van der Waals surface area contributed by atoms with Gasteiger partial charge < -0.3 is 4.42 Å². The summed E-state index contributed by atoms with van der Waals surface area (Å²) in [6, 6.07) is 11.9. The molecule has 0 spiro atoms. The largest absolute Gasteiger partial charge is 0.416 e. The Balaban J connectivity index is 1.42. The summed E-state index contributed by atoms with van der Waals surface area (Å²) in [7, 11) is -3.73. The van der Waals surface area contributed by atoms with Gasteiger partial charge in [-0.15, -0.1) is 5.10 Å². The second kappa shape index (κ2) is 8.94. The van der Waals surface area contributed by atoms with E-state index in [9.17, 15) is 26.4 Å². The molecule has 174 valence electrons. The monoisotopic (exact) mass is 480 g/mol. The minimum Gasteiger partial charge on any atom is -0.403 e. The Bertz CT molecular complexity index is 1230.